The van der Waals surface area contributed by atoms with Crippen LogP contribution in [0.15, 0.2) is 60.1 Å². The molecule has 0 spiro atoms. The summed E-state index contributed by atoms with van der Waals surface area (Å²) in [7, 11) is 3.18. The van der Waals surface area contributed by atoms with Crippen molar-refractivity contribution in [1.29, 1.82) is 0 Å². The van der Waals surface area contributed by atoms with E-state index in [2.05, 4.69) is 11.6 Å². The summed E-state index contributed by atoms with van der Waals surface area (Å²) < 4.78 is 19.3. The molecule has 1 unspecified atom stereocenters. The second-order valence-corrected chi connectivity index (χ2v) is 6.99. The second kappa shape index (κ2) is 8.75. The molecule has 1 aromatic heterocycles. The first-order valence-electron chi connectivity index (χ1n) is 8.74. The number of para-hydroxylation sites is 1. The summed E-state index contributed by atoms with van der Waals surface area (Å²) in [5, 5.41) is 0. The van der Waals surface area contributed by atoms with Gasteiger partial charge >= 0.3 is 0 Å². The van der Waals surface area contributed by atoms with Crippen LogP contribution in [0.25, 0.3) is 10.2 Å². The molecule has 0 N–H and O–H groups in total. The number of thiazole rings is 1. The first kappa shape index (κ1) is 19.7. The molecule has 0 fully saturated rings. The maximum Gasteiger partial charge on any atom is 0.289 e. The Labute approximate surface area is 167 Å². The Hall–Kier alpha value is -3.06. The van der Waals surface area contributed by atoms with Crippen LogP contribution in [0.3, 0.4) is 0 Å². The summed E-state index contributed by atoms with van der Waals surface area (Å²) in [5.74, 6) is 1.51. The molecule has 0 bridgehead atoms. The summed E-state index contributed by atoms with van der Waals surface area (Å²) in [6.45, 7) is 6.01. The normalized spacial score (nSPS) is 12.6. The molecule has 146 valence electrons. The maximum absolute atomic E-state index is 12.6. The smallest absolute Gasteiger partial charge is 0.289 e. The van der Waals surface area contributed by atoms with Gasteiger partial charge in [-0.15, -0.1) is 6.58 Å². The van der Waals surface area contributed by atoms with Gasteiger partial charge in [0.05, 0.1) is 24.4 Å². The van der Waals surface area contributed by atoms with Crippen molar-refractivity contribution < 1.29 is 19.0 Å². The lowest BCUT2D eigenvalue weighted by Gasteiger charge is -2.10. The van der Waals surface area contributed by atoms with E-state index in [-0.39, 0.29) is 5.91 Å². The third-order valence-electron chi connectivity index (χ3n) is 4.11. The Balaban J connectivity index is 2.01. The summed E-state index contributed by atoms with van der Waals surface area (Å²) in [4.78, 5) is 17.5. The van der Waals surface area contributed by atoms with Gasteiger partial charge in [-0.2, -0.15) is 4.99 Å². The number of aromatic nitrogens is 1. The van der Waals surface area contributed by atoms with E-state index in [1.807, 2.05) is 34.9 Å². The average molecular weight is 398 g/mol. The van der Waals surface area contributed by atoms with Crippen LogP contribution in [-0.2, 0) is 11.3 Å². The van der Waals surface area contributed by atoms with Crippen molar-refractivity contribution in [3.05, 3.63) is 59.9 Å². The summed E-state index contributed by atoms with van der Waals surface area (Å²) in [6.07, 6.45) is 1.06. The van der Waals surface area contributed by atoms with Crippen molar-refractivity contribution in [2.24, 2.45) is 4.99 Å². The van der Waals surface area contributed by atoms with Gasteiger partial charge in [-0.1, -0.05) is 35.6 Å². The van der Waals surface area contributed by atoms with Crippen molar-refractivity contribution in [3.8, 4) is 17.2 Å². The van der Waals surface area contributed by atoms with Gasteiger partial charge in [0.2, 0.25) is 0 Å². The fourth-order valence-electron chi connectivity index (χ4n) is 2.73. The number of rotatable bonds is 7. The molecule has 2 aromatic carbocycles. The average Bonchev–Trinajstić information content (AvgIpc) is 3.03. The summed E-state index contributed by atoms with van der Waals surface area (Å²) in [6, 6.07) is 13.0. The van der Waals surface area contributed by atoms with Crippen LogP contribution >= 0.6 is 11.3 Å². The SMILES string of the molecule is C=CCn1c(=NC(=O)C(C)Oc2ccccc2)sc2cc(OC)c(OC)cc21. The molecule has 1 amide bonds. The minimum atomic E-state index is -0.700. The lowest BCUT2D eigenvalue weighted by atomic mass is 10.3. The van der Waals surface area contributed by atoms with Crippen molar-refractivity contribution in [1.82, 2.24) is 4.57 Å². The third-order valence-corrected chi connectivity index (χ3v) is 5.15. The van der Waals surface area contributed by atoms with E-state index in [1.165, 1.54) is 11.3 Å². The van der Waals surface area contributed by atoms with Crippen molar-refractivity contribution in [3.63, 3.8) is 0 Å². The number of carbonyl (C=O) groups is 1. The molecule has 1 atom stereocenters. The molecule has 7 heteroatoms. The molecule has 3 aromatic rings. The number of hydrogen-bond acceptors (Lipinski definition) is 5. The third kappa shape index (κ3) is 4.09. The number of amides is 1. The fourth-order valence-corrected chi connectivity index (χ4v) is 3.78. The zero-order valence-corrected chi connectivity index (χ0v) is 16.9. The van der Waals surface area contributed by atoms with Gasteiger partial charge < -0.3 is 18.8 Å². The Morgan fingerprint density at radius 2 is 1.89 bits per heavy atom. The highest BCUT2D eigenvalue weighted by Gasteiger charge is 2.16. The highest BCUT2D eigenvalue weighted by molar-refractivity contribution is 7.16. The van der Waals surface area contributed by atoms with Gasteiger partial charge in [-0.3, -0.25) is 4.79 Å². The highest BCUT2D eigenvalue weighted by atomic mass is 32.1. The second-order valence-electron chi connectivity index (χ2n) is 5.98. The van der Waals surface area contributed by atoms with Crippen molar-refractivity contribution in [2.75, 3.05) is 14.2 Å². The van der Waals surface area contributed by atoms with Crippen LogP contribution in [0.4, 0.5) is 0 Å². The molecule has 0 aliphatic rings. The molecule has 0 aliphatic heterocycles. The van der Waals surface area contributed by atoms with Crippen LogP contribution in [0.5, 0.6) is 17.2 Å². The number of allylic oxidation sites excluding steroid dienone is 1. The largest absolute Gasteiger partial charge is 0.493 e. The monoisotopic (exact) mass is 398 g/mol. The number of hydrogen-bond donors (Lipinski definition) is 0. The quantitative estimate of drug-likeness (QED) is 0.568. The fraction of sp³-hybridized carbons (Fsp3) is 0.238. The van der Waals surface area contributed by atoms with E-state index < -0.39 is 6.10 Å². The minimum absolute atomic E-state index is 0.354. The Bertz CT molecular complexity index is 1050. The molecule has 6 nitrogen and oxygen atoms in total. The molecule has 0 saturated carbocycles. The van der Waals surface area contributed by atoms with E-state index in [4.69, 9.17) is 14.2 Å². The van der Waals surface area contributed by atoms with E-state index in [0.717, 1.165) is 10.2 Å². The highest BCUT2D eigenvalue weighted by Crippen LogP contribution is 2.33. The first-order valence-corrected chi connectivity index (χ1v) is 9.55. The molecular formula is C21H22N2O4S. The molecule has 0 saturated heterocycles. The van der Waals surface area contributed by atoms with Gasteiger partial charge in [-0.25, -0.2) is 0 Å². The van der Waals surface area contributed by atoms with Crippen LogP contribution in [0.2, 0.25) is 0 Å². The lowest BCUT2D eigenvalue weighted by Crippen LogP contribution is -2.25. The number of nitrogens with zero attached hydrogens (tertiary/aromatic N) is 2. The zero-order valence-electron chi connectivity index (χ0n) is 16.0. The zero-order chi connectivity index (χ0) is 20.1. The van der Waals surface area contributed by atoms with Gasteiger partial charge in [0, 0.05) is 18.7 Å². The molecule has 0 radical (unpaired) electrons. The Kier molecular flexibility index (Phi) is 6.16. The van der Waals surface area contributed by atoms with Gasteiger partial charge in [0.1, 0.15) is 5.75 Å². The topological polar surface area (TPSA) is 62.1 Å². The standard InChI is InChI=1S/C21H22N2O4S/c1-5-11-23-16-12-17(25-3)18(26-4)13-19(16)28-21(23)22-20(24)14(2)27-15-9-7-6-8-10-15/h5-10,12-14H,1,11H2,2-4H3. The van der Waals surface area contributed by atoms with E-state index in [0.29, 0.717) is 28.6 Å². The number of ether oxygens (including phenoxy) is 3. The van der Waals surface area contributed by atoms with Crippen molar-refractivity contribution in [2.45, 2.75) is 19.6 Å². The van der Waals surface area contributed by atoms with Gasteiger partial charge in [-0.05, 0) is 19.1 Å². The molecule has 1 heterocycles. The number of methoxy groups -OCH3 is 2. The van der Waals surface area contributed by atoms with Crippen molar-refractivity contribution >= 4 is 27.5 Å². The van der Waals surface area contributed by atoms with Crippen LogP contribution < -0.4 is 19.0 Å². The van der Waals surface area contributed by atoms with Crippen LogP contribution in [0, 0.1) is 0 Å². The van der Waals surface area contributed by atoms with E-state index in [1.54, 1.807) is 39.4 Å². The number of carbonyl (C=O) groups excluding carboxylic acids is 1. The number of benzene rings is 2. The van der Waals surface area contributed by atoms with Crippen LogP contribution in [0.1, 0.15) is 6.92 Å². The predicted octanol–water partition coefficient (Wildman–Crippen LogP) is 3.80. The molecule has 3 rings (SSSR count). The number of fused-ring (bicyclic) bond motifs is 1. The lowest BCUT2D eigenvalue weighted by molar-refractivity contribution is -0.124. The molecular weight excluding hydrogens is 376 g/mol. The van der Waals surface area contributed by atoms with E-state index in [9.17, 15) is 4.79 Å². The van der Waals surface area contributed by atoms with Crippen LogP contribution in [-0.4, -0.2) is 30.8 Å². The Morgan fingerprint density at radius 1 is 1.21 bits per heavy atom. The predicted molar refractivity (Wildman–Crippen MR) is 110 cm³/mol. The molecule has 28 heavy (non-hydrogen) atoms. The van der Waals surface area contributed by atoms with Gasteiger partial charge in [0.25, 0.3) is 5.91 Å². The minimum Gasteiger partial charge on any atom is -0.493 e. The summed E-state index contributed by atoms with van der Waals surface area (Å²) in [5.41, 5.74) is 0.894. The maximum atomic E-state index is 12.6. The molecule has 0 aliphatic carbocycles. The summed E-state index contributed by atoms with van der Waals surface area (Å²) >= 11 is 1.40. The van der Waals surface area contributed by atoms with Gasteiger partial charge in [0.15, 0.2) is 22.4 Å². The first-order chi connectivity index (χ1) is 13.6. The Morgan fingerprint density at radius 3 is 2.54 bits per heavy atom. The van der Waals surface area contributed by atoms with E-state index >= 15 is 0 Å².